The largest absolute Gasteiger partial charge is 0.409 e. The number of rotatable bonds is 5. The molecule has 0 spiro atoms. The highest BCUT2D eigenvalue weighted by Gasteiger charge is 2.07. The highest BCUT2D eigenvalue weighted by Crippen LogP contribution is 2.22. The van der Waals surface area contributed by atoms with Gasteiger partial charge in [-0.3, -0.25) is 9.88 Å². The second-order valence-electron chi connectivity index (χ2n) is 4.41. The van der Waals surface area contributed by atoms with Crippen LogP contribution in [0.15, 0.2) is 35.6 Å². The molecule has 0 bridgehead atoms. The number of oxime groups is 1. The van der Waals surface area contributed by atoms with Gasteiger partial charge in [-0.25, -0.2) is 0 Å². The maximum atomic E-state index is 8.66. The van der Waals surface area contributed by atoms with Gasteiger partial charge in [0.15, 0.2) is 5.84 Å². The molecule has 0 aromatic carbocycles. The molecular formula is C13H15ClN4OS. The molecule has 2 aromatic rings. The maximum Gasteiger partial charge on any atom is 0.188 e. The van der Waals surface area contributed by atoms with E-state index in [9.17, 15) is 0 Å². The van der Waals surface area contributed by atoms with Crippen LogP contribution in [-0.4, -0.2) is 28.0 Å². The predicted molar refractivity (Wildman–Crippen MR) is 81.2 cm³/mol. The van der Waals surface area contributed by atoms with Crippen molar-refractivity contribution in [2.75, 3.05) is 7.05 Å². The minimum Gasteiger partial charge on any atom is -0.409 e. The zero-order valence-corrected chi connectivity index (χ0v) is 12.5. The smallest absolute Gasteiger partial charge is 0.188 e. The Kier molecular flexibility index (Phi) is 4.94. The average Bonchev–Trinajstić information content (AvgIpc) is 2.83. The summed E-state index contributed by atoms with van der Waals surface area (Å²) in [7, 11) is 2.03. The number of thiophene rings is 1. The third-order valence-corrected chi connectivity index (χ3v) is 3.92. The van der Waals surface area contributed by atoms with Crippen molar-refractivity contribution in [1.29, 1.82) is 0 Å². The van der Waals surface area contributed by atoms with Crippen molar-refractivity contribution in [3.8, 4) is 0 Å². The molecule has 0 saturated carbocycles. The van der Waals surface area contributed by atoms with Gasteiger partial charge >= 0.3 is 0 Å². The van der Waals surface area contributed by atoms with Gasteiger partial charge in [0.25, 0.3) is 0 Å². The van der Waals surface area contributed by atoms with Gasteiger partial charge in [-0.1, -0.05) is 16.8 Å². The van der Waals surface area contributed by atoms with Crippen LogP contribution in [0.25, 0.3) is 0 Å². The van der Waals surface area contributed by atoms with Crippen LogP contribution in [-0.2, 0) is 13.1 Å². The van der Waals surface area contributed by atoms with Crippen LogP contribution in [0.3, 0.4) is 0 Å². The Morgan fingerprint density at radius 3 is 2.90 bits per heavy atom. The summed E-state index contributed by atoms with van der Waals surface area (Å²) in [5.41, 5.74) is 7.05. The Labute approximate surface area is 126 Å². The van der Waals surface area contributed by atoms with Gasteiger partial charge in [0.05, 0.1) is 4.34 Å². The van der Waals surface area contributed by atoms with E-state index in [-0.39, 0.29) is 5.84 Å². The summed E-state index contributed by atoms with van der Waals surface area (Å²) in [6.07, 6.45) is 1.65. The van der Waals surface area contributed by atoms with Gasteiger partial charge in [-0.15, -0.1) is 11.3 Å². The molecule has 0 saturated heterocycles. The summed E-state index contributed by atoms with van der Waals surface area (Å²) in [4.78, 5) is 7.43. The molecule has 0 aliphatic heterocycles. The standard InChI is InChI=1S/C13H15ClN4OS/c1-18(8-10-2-3-12(14)20-10)7-9-4-5-16-11(6-9)13(15)17-19/h2-6,19H,7-8H2,1H3,(H2,15,17). The lowest BCUT2D eigenvalue weighted by Gasteiger charge is -2.15. The fraction of sp³-hybridized carbons (Fsp3) is 0.231. The molecule has 2 heterocycles. The first-order chi connectivity index (χ1) is 9.58. The number of amidine groups is 1. The molecule has 0 atom stereocenters. The minimum absolute atomic E-state index is 0.0135. The van der Waals surface area contributed by atoms with Crippen LogP contribution in [0.2, 0.25) is 4.34 Å². The minimum atomic E-state index is 0.0135. The third kappa shape index (κ3) is 3.93. The SMILES string of the molecule is CN(Cc1ccnc(C(N)=NO)c1)Cc1ccc(Cl)s1. The van der Waals surface area contributed by atoms with E-state index in [1.165, 1.54) is 4.88 Å². The fourth-order valence-electron chi connectivity index (χ4n) is 1.83. The van der Waals surface area contributed by atoms with Crippen LogP contribution in [0.4, 0.5) is 0 Å². The predicted octanol–water partition coefficient (Wildman–Crippen LogP) is 2.52. The van der Waals surface area contributed by atoms with E-state index in [4.69, 9.17) is 22.5 Å². The highest BCUT2D eigenvalue weighted by atomic mass is 35.5. The molecule has 106 valence electrons. The van der Waals surface area contributed by atoms with Crippen LogP contribution in [0.5, 0.6) is 0 Å². The van der Waals surface area contributed by atoms with Crippen molar-refractivity contribution in [1.82, 2.24) is 9.88 Å². The number of nitrogens with zero attached hydrogens (tertiary/aromatic N) is 3. The fourth-order valence-corrected chi connectivity index (χ4v) is 3.00. The number of pyridine rings is 1. The molecule has 7 heteroatoms. The molecule has 0 unspecified atom stereocenters. The number of nitrogens with two attached hydrogens (primary N) is 1. The summed E-state index contributed by atoms with van der Waals surface area (Å²) in [6.45, 7) is 1.56. The summed E-state index contributed by atoms with van der Waals surface area (Å²) in [5, 5.41) is 11.6. The Hall–Kier alpha value is -1.63. The summed E-state index contributed by atoms with van der Waals surface area (Å²) < 4.78 is 0.798. The van der Waals surface area contributed by atoms with Crippen LogP contribution in [0, 0.1) is 0 Å². The Morgan fingerprint density at radius 1 is 1.45 bits per heavy atom. The van der Waals surface area contributed by atoms with E-state index in [0.717, 1.165) is 23.0 Å². The van der Waals surface area contributed by atoms with E-state index in [1.807, 2.05) is 31.3 Å². The third-order valence-electron chi connectivity index (χ3n) is 2.70. The van der Waals surface area contributed by atoms with Crippen molar-refractivity contribution < 1.29 is 5.21 Å². The number of aromatic nitrogens is 1. The highest BCUT2D eigenvalue weighted by molar-refractivity contribution is 7.16. The van der Waals surface area contributed by atoms with Crippen molar-refractivity contribution in [3.05, 3.63) is 50.9 Å². The zero-order chi connectivity index (χ0) is 14.5. The summed E-state index contributed by atoms with van der Waals surface area (Å²) in [6, 6.07) is 7.65. The zero-order valence-electron chi connectivity index (χ0n) is 11.0. The first-order valence-electron chi connectivity index (χ1n) is 5.94. The lowest BCUT2D eigenvalue weighted by molar-refractivity contribution is 0.318. The molecule has 0 aliphatic carbocycles. The first-order valence-corrected chi connectivity index (χ1v) is 7.13. The van der Waals surface area contributed by atoms with Gasteiger partial charge < -0.3 is 10.9 Å². The summed E-state index contributed by atoms with van der Waals surface area (Å²) >= 11 is 7.49. The first kappa shape index (κ1) is 14.8. The van der Waals surface area contributed by atoms with Crippen molar-refractivity contribution >= 4 is 28.8 Å². The van der Waals surface area contributed by atoms with Gasteiger partial charge in [0.2, 0.25) is 0 Å². The normalized spacial score (nSPS) is 12.1. The average molecular weight is 311 g/mol. The van der Waals surface area contributed by atoms with Crippen LogP contribution < -0.4 is 5.73 Å². The van der Waals surface area contributed by atoms with Gasteiger partial charge in [-0.05, 0) is 36.9 Å². The molecule has 2 rings (SSSR count). The van der Waals surface area contributed by atoms with Gasteiger partial charge in [0.1, 0.15) is 5.69 Å². The monoisotopic (exact) mass is 310 g/mol. The lowest BCUT2D eigenvalue weighted by atomic mass is 10.2. The molecule has 5 nitrogen and oxygen atoms in total. The van der Waals surface area contributed by atoms with E-state index in [0.29, 0.717) is 5.69 Å². The Bertz CT molecular complexity index is 614. The van der Waals surface area contributed by atoms with E-state index in [1.54, 1.807) is 17.5 Å². The van der Waals surface area contributed by atoms with E-state index in [2.05, 4.69) is 15.0 Å². The second kappa shape index (κ2) is 6.69. The van der Waals surface area contributed by atoms with Crippen molar-refractivity contribution in [2.45, 2.75) is 13.1 Å². The molecular weight excluding hydrogens is 296 g/mol. The lowest BCUT2D eigenvalue weighted by Crippen LogP contribution is -2.18. The quantitative estimate of drug-likeness (QED) is 0.385. The molecule has 0 fully saturated rings. The molecule has 20 heavy (non-hydrogen) atoms. The molecule has 0 amide bonds. The van der Waals surface area contributed by atoms with Crippen molar-refractivity contribution in [3.63, 3.8) is 0 Å². The number of halogens is 1. The Morgan fingerprint density at radius 2 is 2.25 bits per heavy atom. The maximum absolute atomic E-state index is 8.66. The van der Waals surface area contributed by atoms with Crippen molar-refractivity contribution in [2.24, 2.45) is 10.9 Å². The van der Waals surface area contributed by atoms with Crippen LogP contribution >= 0.6 is 22.9 Å². The Balaban J connectivity index is 2.02. The summed E-state index contributed by atoms with van der Waals surface area (Å²) in [5.74, 6) is 0.0135. The topological polar surface area (TPSA) is 74.7 Å². The number of hydrogen-bond donors (Lipinski definition) is 2. The molecule has 0 radical (unpaired) electrons. The van der Waals surface area contributed by atoms with E-state index < -0.39 is 0 Å². The molecule has 2 aromatic heterocycles. The van der Waals surface area contributed by atoms with Gasteiger partial charge in [-0.2, -0.15) is 0 Å². The molecule has 3 N–H and O–H groups in total. The van der Waals surface area contributed by atoms with E-state index >= 15 is 0 Å². The second-order valence-corrected chi connectivity index (χ2v) is 6.21. The molecule has 0 aliphatic rings. The van der Waals surface area contributed by atoms with Crippen LogP contribution in [0.1, 0.15) is 16.1 Å². The number of hydrogen-bond acceptors (Lipinski definition) is 5. The van der Waals surface area contributed by atoms with Gasteiger partial charge in [0, 0.05) is 24.2 Å².